The van der Waals surface area contributed by atoms with Crippen LogP contribution in [0.5, 0.6) is 5.75 Å². The molecule has 3 aromatic rings. The van der Waals surface area contributed by atoms with Gasteiger partial charge in [-0.3, -0.25) is 9.69 Å². The van der Waals surface area contributed by atoms with E-state index in [0.29, 0.717) is 18.0 Å². The Morgan fingerprint density at radius 2 is 1.70 bits per heavy atom. The second kappa shape index (κ2) is 9.32. The lowest BCUT2D eigenvalue weighted by Gasteiger charge is -2.36. The summed E-state index contributed by atoms with van der Waals surface area (Å²) in [5.41, 5.74) is 2.33. The fourth-order valence-electron chi connectivity index (χ4n) is 3.54. The lowest BCUT2D eigenvalue weighted by molar-refractivity contribution is 0.200. The molecule has 0 radical (unpaired) electrons. The molecular formula is C23H25ClN4O2. The molecule has 4 rings (SSSR count). The standard InChI is InChI=1S/C23H25ClN4O2/c1-18-7-9-20(10-8-18)30-16-15-26-11-13-27(14-12-26)21-17-25-28(23(29)22(21)24)19-5-3-2-4-6-19/h2-10,17H,11-16H2,1H3. The fourth-order valence-corrected chi connectivity index (χ4v) is 3.79. The van der Waals surface area contributed by atoms with Crippen molar-refractivity contribution in [2.24, 2.45) is 0 Å². The number of nitrogens with zero attached hydrogens (tertiary/aromatic N) is 4. The van der Waals surface area contributed by atoms with Crippen molar-refractivity contribution in [2.75, 3.05) is 44.2 Å². The van der Waals surface area contributed by atoms with Crippen molar-refractivity contribution in [3.63, 3.8) is 0 Å². The number of hydrogen-bond donors (Lipinski definition) is 0. The maximum atomic E-state index is 12.7. The van der Waals surface area contributed by atoms with Gasteiger partial charge in [0.05, 0.1) is 17.6 Å². The van der Waals surface area contributed by atoms with Gasteiger partial charge in [0.1, 0.15) is 17.4 Å². The zero-order valence-electron chi connectivity index (χ0n) is 17.0. The molecule has 0 bridgehead atoms. The summed E-state index contributed by atoms with van der Waals surface area (Å²) in [5.74, 6) is 0.899. The third-order valence-electron chi connectivity index (χ3n) is 5.31. The van der Waals surface area contributed by atoms with Gasteiger partial charge in [-0.1, -0.05) is 47.5 Å². The molecule has 156 valence electrons. The Morgan fingerprint density at radius 3 is 2.40 bits per heavy atom. The Balaban J connectivity index is 1.33. The second-order valence-electron chi connectivity index (χ2n) is 7.39. The summed E-state index contributed by atoms with van der Waals surface area (Å²) in [6.07, 6.45) is 1.69. The van der Waals surface area contributed by atoms with Gasteiger partial charge >= 0.3 is 0 Å². The molecule has 2 heterocycles. The molecular weight excluding hydrogens is 400 g/mol. The van der Waals surface area contributed by atoms with Crippen LogP contribution >= 0.6 is 11.6 Å². The molecule has 0 spiro atoms. The van der Waals surface area contributed by atoms with E-state index in [2.05, 4.69) is 34.0 Å². The highest BCUT2D eigenvalue weighted by atomic mass is 35.5. The molecule has 1 aliphatic rings. The van der Waals surface area contributed by atoms with E-state index in [9.17, 15) is 4.79 Å². The van der Waals surface area contributed by atoms with Gasteiger partial charge in [-0.15, -0.1) is 0 Å². The van der Waals surface area contributed by atoms with Gasteiger partial charge in [-0.25, -0.2) is 0 Å². The van der Waals surface area contributed by atoms with Crippen molar-refractivity contribution >= 4 is 17.3 Å². The first-order valence-corrected chi connectivity index (χ1v) is 10.5. The van der Waals surface area contributed by atoms with E-state index in [1.165, 1.54) is 10.2 Å². The van der Waals surface area contributed by atoms with Gasteiger partial charge in [0, 0.05) is 32.7 Å². The molecule has 1 saturated heterocycles. The summed E-state index contributed by atoms with van der Waals surface area (Å²) < 4.78 is 7.17. The van der Waals surface area contributed by atoms with Crippen LogP contribution in [0.2, 0.25) is 5.02 Å². The summed E-state index contributed by atoms with van der Waals surface area (Å²) in [7, 11) is 0. The van der Waals surface area contributed by atoms with E-state index < -0.39 is 0 Å². The monoisotopic (exact) mass is 424 g/mol. The lowest BCUT2D eigenvalue weighted by atomic mass is 10.2. The molecule has 0 unspecified atom stereocenters. The van der Waals surface area contributed by atoms with Gasteiger partial charge < -0.3 is 9.64 Å². The van der Waals surface area contributed by atoms with Crippen LogP contribution in [0.15, 0.2) is 65.6 Å². The minimum Gasteiger partial charge on any atom is -0.492 e. The van der Waals surface area contributed by atoms with Crippen LogP contribution in [0.4, 0.5) is 5.69 Å². The molecule has 6 nitrogen and oxygen atoms in total. The predicted molar refractivity (Wildman–Crippen MR) is 120 cm³/mol. The average molecular weight is 425 g/mol. The molecule has 0 aliphatic carbocycles. The van der Waals surface area contributed by atoms with Gasteiger partial charge in [-0.05, 0) is 31.2 Å². The number of piperazine rings is 1. The molecule has 7 heteroatoms. The lowest BCUT2D eigenvalue weighted by Crippen LogP contribution is -2.48. The van der Waals surface area contributed by atoms with Crippen molar-refractivity contribution < 1.29 is 4.74 Å². The largest absolute Gasteiger partial charge is 0.492 e. The van der Waals surface area contributed by atoms with Gasteiger partial charge in [-0.2, -0.15) is 9.78 Å². The van der Waals surface area contributed by atoms with E-state index in [-0.39, 0.29) is 10.6 Å². The van der Waals surface area contributed by atoms with Gasteiger partial charge in [0.25, 0.3) is 5.56 Å². The van der Waals surface area contributed by atoms with Crippen molar-refractivity contribution in [3.05, 3.63) is 81.7 Å². The number of para-hydroxylation sites is 1. The van der Waals surface area contributed by atoms with E-state index in [0.717, 1.165) is 38.5 Å². The predicted octanol–water partition coefficient (Wildman–Crippen LogP) is 3.40. The summed E-state index contributed by atoms with van der Waals surface area (Å²) in [5, 5.41) is 4.55. The molecule has 30 heavy (non-hydrogen) atoms. The zero-order valence-corrected chi connectivity index (χ0v) is 17.8. The molecule has 1 aliphatic heterocycles. The zero-order chi connectivity index (χ0) is 20.9. The molecule has 1 aromatic heterocycles. The molecule has 0 amide bonds. The van der Waals surface area contributed by atoms with Crippen LogP contribution < -0.4 is 15.2 Å². The Labute approximate surface area is 181 Å². The third kappa shape index (κ3) is 4.66. The summed E-state index contributed by atoms with van der Waals surface area (Å²) in [4.78, 5) is 17.2. The number of benzene rings is 2. The Hall–Kier alpha value is -2.83. The van der Waals surface area contributed by atoms with Crippen molar-refractivity contribution in [2.45, 2.75) is 6.92 Å². The Bertz CT molecular complexity index is 1030. The molecule has 0 atom stereocenters. The quantitative estimate of drug-likeness (QED) is 0.607. The first-order valence-electron chi connectivity index (χ1n) is 10.1. The highest BCUT2D eigenvalue weighted by Crippen LogP contribution is 2.23. The van der Waals surface area contributed by atoms with E-state index in [4.69, 9.17) is 16.3 Å². The first kappa shape index (κ1) is 20.4. The van der Waals surface area contributed by atoms with Crippen molar-refractivity contribution in [1.29, 1.82) is 0 Å². The summed E-state index contributed by atoms with van der Waals surface area (Å²) in [6.45, 7) is 6.93. The normalized spacial score (nSPS) is 14.7. The SMILES string of the molecule is Cc1ccc(OCCN2CCN(c3cnn(-c4ccccc4)c(=O)c3Cl)CC2)cc1. The van der Waals surface area contributed by atoms with Crippen molar-refractivity contribution in [3.8, 4) is 11.4 Å². The number of halogens is 1. The van der Waals surface area contributed by atoms with E-state index in [1.54, 1.807) is 6.20 Å². The second-order valence-corrected chi connectivity index (χ2v) is 7.76. The van der Waals surface area contributed by atoms with Gasteiger partial charge in [0.15, 0.2) is 0 Å². The number of ether oxygens (including phenoxy) is 1. The first-order chi connectivity index (χ1) is 14.6. The van der Waals surface area contributed by atoms with Crippen LogP contribution in [-0.2, 0) is 0 Å². The maximum absolute atomic E-state index is 12.7. The fraction of sp³-hybridized carbons (Fsp3) is 0.304. The molecule has 0 saturated carbocycles. The number of anilines is 1. The summed E-state index contributed by atoms with van der Waals surface area (Å²) >= 11 is 6.43. The van der Waals surface area contributed by atoms with E-state index in [1.807, 2.05) is 42.5 Å². The average Bonchev–Trinajstić information content (AvgIpc) is 2.78. The topological polar surface area (TPSA) is 50.6 Å². The van der Waals surface area contributed by atoms with Crippen LogP contribution in [-0.4, -0.2) is 54.0 Å². The van der Waals surface area contributed by atoms with Crippen LogP contribution in [0.25, 0.3) is 5.69 Å². The Kier molecular flexibility index (Phi) is 6.35. The number of aryl methyl sites for hydroxylation is 1. The summed E-state index contributed by atoms with van der Waals surface area (Å²) in [6, 6.07) is 17.4. The van der Waals surface area contributed by atoms with Gasteiger partial charge in [0.2, 0.25) is 0 Å². The Morgan fingerprint density at radius 1 is 1.00 bits per heavy atom. The third-order valence-corrected chi connectivity index (χ3v) is 5.67. The number of rotatable bonds is 6. The number of hydrogen-bond acceptors (Lipinski definition) is 5. The van der Waals surface area contributed by atoms with Crippen LogP contribution in [0.3, 0.4) is 0 Å². The minimum atomic E-state index is -0.297. The molecule has 2 aromatic carbocycles. The highest BCUT2D eigenvalue weighted by Gasteiger charge is 2.21. The number of aromatic nitrogens is 2. The molecule has 1 fully saturated rings. The highest BCUT2D eigenvalue weighted by molar-refractivity contribution is 6.33. The van der Waals surface area contributed by atoms with Crippen LogP contribution in [0.1, 0.15) is 5.56 Å². The minimum absolute atomic E-state index is 0.213. The maximum Gasteiger partial charge on any atom is 0.292 e. The van der Waals surface area contributed by atoms with Crippen molar-refractivity contribution in [1.82, 2.24) is 14.7 Å². The van der Waals surface area contributed by atoms with Crippen LogP contribution in [0, 0.1) is 6.92 Å². The smallest absolute Gasteiger partial charge is 0.292 e. The molecule has 0 N–H and O–H groups in total. The van der Waals surface area contributed by atoms with E-state index >= 15 is 0 Å².